The maximum absolute atomic E-state index is 14.4. The van der Waals surface area contributed by atoms with E-state index in [9.17, 15) is 13.6 Å². The van der Waals surface area contributed by atoms with E-state index in [1.54, 1.807) is 18.2 Å². The van der Waals surface area contributed by atoms with Crippen LogP contribution in [0.15, 0.2) is 114 Å². The second-order valence-electron chi connectivity index (χ2n) is 9.79. The fraction of sp³-hybridized carbons (Fsp3) is 0.108. The Morgan fingerprint density at radius 1 is 0.595 bits per heavy atom. The van der Waals surface area contributed by atoms with Crippen LogP contribution in [0, 0.1) is 11.6 Å². The summed E-state index contributed by atoms with van der Waals surface area (Å²) < 4.78 is 31.5. The van der Waals surface area contributed by atoms with Gasteiger partial charge in [-0.3, -0.25) is 0 Å². The van der Waals surface area contributed by atoms with Crippen molar-refractivity contribution in [2.45, 2.75) is 26.7 Å². The quantitative estimate of drug-likeness (QED) is 0.121. The zero-order chi connectivity index (χ0) is 29.5. The Morgan fingerprint density at radius 3 is 1.50 bits per heavy atom. The maximum atomic E-state index is 14.4. The predicted molar refractivity (Wildman–Crippen MR) is 173 cm³/mol. The molecule has 2 aromatic heterocycles. The van der Waals surface area contributed by atoms with Gasteiger partial charge in [-0.15, -0.1) is 0 Å². The monoisotopic (exact) mass is 688 g/mol. The summed E-state index contributed by atoms with van der Waals surface area (Å²) in [7, 11) is 0. The van der Waals surface area contributed by atoms with Crippen molar-refractivity contribution in [1.29, 1.82) is 0 Å². The van der Waals surface area contributed by atoms with Crippen molar-refractivity contribution < 1.29 is 13.6 Å². The molecule has 0 aliphatic rings. The molecule has 0 aliphatic heterocycles. The number of aldehydes is 1. The van der Waals surface area contributed by atoms with Gasteiger partial charge >= 0.3 is 259 Å². The van der Waals surface area contributed by atoms with E-state index in [-0.39, 0.29) is 40.6 Å². The second-order valence-corrected chi connectivity index (χ2v) is 14.1. The first-order valence-corrected chi connectivity index (χ1v) is 17.4. The van der Waals surface area contributed by atoms with Crippen LogP contribution in [0.25, 0.3) is 42.3 Å². The van der Waals surface area contributed by atoms with Gasteiger partial charge < -0.3 is 0 Å². The molecule has 4 aromatic carbocycles. The zero-order valence-electron chi connectivity index (χ0n) is 23.4. The van der Waals surface area contributed by atoms with Crippen molar-refractivity contribution in [3.8, 4) is 42.3 Å². The Morgan fingerprint density at radius 2 is 1.10 bits per heavy atom. The van der Waals surface area contributed by atoms with E-state index >= 15 is 0 Å². The van der Waals surface area contributed by atoms with Gasteiger partial charge in [0.1, 0.15) is 0 Å². The van der Waals surface area contributed by atoms with Crippen LogP contribution in [-0.4, -0.2) is 35.3 Å². The van der Waals surface area contributed by atoms with E-state index in [0.29, 0.717) is 5.56 Å². The first kappa shape index (κ1) is 29.9. The average molecular weight is 687 g/mol. The number of halogens is 2. The summed E-state index contributed by atoms with van der Waals surface area (Å²) in [5.41, 5.74) is 7.80. The normalized spacial score (nSPS) is 10.7. The molecule has 6 rings (SSSR count). The molecule has 210 valence electrons. The molecule has 2 heterocycles. The van der Waals surface area contributed by atoms with Crippen molar-refractivity contribution in [3.05, 3.63) is 141 Å². The summed E-state index contributed by atoms with van der Waals surface area (Å²) in [6, 6.07) is 35.1. The molecule has 1 nitrogen and oxygen atoms in total. The van der Waals surface area contributed by atoms with Crippen molar-refractivity contribution in [2.75, 3.05) is 0 Å². The van der Waals surface area contributed by atoms with Crippen LogP contribution in [0.1, 0.15) is 34.2 Å². The molecule has 0 saturated heterocycles. The van der Waals surface area contributed by atoms with Crippen LogP contribution >= 0.6 is 0 Å². The van der Waals surface area contributed by atoms with Gasteiger partial charge in [0, 0.05) is 0 Å². The Labute approximate surface area is 258 Å². The molecule has 0 bridgehead atoms. The summed E-state index contributed by atoms with van der Waals surface area (Å²) in [6.45, 7) is 4.25. The number of benzene rings is 4. The van der Waals surface area contributed by atoms with Crippen LogP contribution in [0.4, 0.5) is 8.78 Å². The van der Waals surface area contributed by atoms with Gasteiger partial charge in [0.15, 0.2) is 0 Å². The van der Waals surface area contributed by atoms with Gasteiger partial charge in [0.2, 0.25) is 0 Å². The fourth-order valence-corrected chi connectivity index (χ4v) is 8.01. The molecular weight excluding hydrogens is 656 g/mol. The van der Waals surface area contributed by atoms with Crippen molar-refractivity contribution in [2.24, 2.45) is 0 Å². The van der Waals surface area contributed by atoms with Gasteiger partial charge in [0.25, 0.3) is 0 Å². The molecule has 0 amide bonds. The average Bonchev–Trinajstić information content (AvgIpc) is 3.74. The van der Waals surface area contributed by atoms with E-state index in [1.807, 2.05) is 54.6 Å². The third-order valence-electron chi connectivity index (χ3n) is 7.12. The number of aryl methyl sites for hydroxylation is 2. The number of carbonyl (C=O) groups is 1. The molecule has 0 atom stereocenters. The Kier molecular flexibility index (Phi) is 10.00. The van der Waals surface area contributed by atoms with Gasteiger partial charge in [0.05, 0.1) is 0 Å². The first-order chi connectivity index (χ1) is 20.5. The second kappa shape index (κ2) is 14.1. The zero-order valence-corrected chi connectivity index (χ0v) is 26.9. The Balaban J connectivity index is 0.000000169. The molecule has 0 fully saturated rings. The number of hydrogen-bond donors (Lipinski definition) is 0. The minimum atomic E-state index is -0.231. The molecule has 0 N–H and O–H groups in total. The van der Waals surface area contributed by atoms with Crippen molar-refractivity contribution >= 4 is 35.3 Å². The molecule has 0 aliphatic carbocycles. The molecule has 6 aromatic rings. The van der Waals surface area contributed by atoms with E-state index in [4.69, 9.17) is 0 Å². The van der Waals surface area contributed by atoms with Gasteiger partial charge in [-0.25, -0.2) is 0 Å². The first-order valence-electron chi connectivity index (χ1n) is 13.9. The van der Waals surface area contributed by atoms with Crippen LogP contribution in [0.3, 0.4) is 0 Å². The molecule has 0 unspecified atom stereocenters. The molecular formula is C37H30F2OSe2. The summed E-state index contributed by atoms with van der Waals surface area (Å²) in [6.07, 6.45) is 2.87. The summed E-state index contributed by atoms with van der Waals surface area (Å²) in [4.78, 5) is 12.9. The number of hydrogen-bond acceptors (Lipinski definition) is 1. The number of rotatable bonds is 7. The number of carbonyl (C=O) groups excluding carboxylic acids is 1. The predicted octanol–water partition coefficient (Wildman–Crippen LogP) is 9.37. The minimum absolute atomic E-state index is 0.0904. The standard InChI is InChI=1S/C19H15FOSe.C18H15FSe/c1-2-13-3-5-14(6-4-13)15-7-9-17(18(20)11-15)19-10-8-16(12-21)22-19;1-2-13-5-7-14(8-6-13)15-9-10-16(17(19)12-15)18-4-3-11-20-18/h3-12H,2H2,1H3;3-12H,2H2,1H3. The van der Waals surface area contributed by atoms with Crippen LogP contribution in [-0.2, 0) is 12.8 Å². The third kappa shape index (κ3) is 7.06. The molecule has 0 spiro atoms. The van der Waals surface area contributed by atoms with Gasteiger partial charge in [-0.05, 0) is 0 Å². The SMILES string of the molecule is CCc1ccc(-c2ccc(-c3ccc(C=O)[se]3)c(F)c2)cc1.CCc1ccc(-c2ccc(-c3ccc[se]3)c(F)c2)cc1. The summed E-state index contributed by atoms with van der Waals surface area (Å²) in [5, 5.41) is 0. The van der Waals surface area contributed by atoms with Crippen LogP contribution < -0.4 is 0 Å². The molecule has 0 radical (unpaired) electrons. The Hall–Kier alpha value is -3.59. The summed E-state index contributed by atoms with van der Waals surface area (Å²) >= 11 is 0.179. The third-order valence-corrected chi connectivity index (χ3v) is 11.2. The van der Waals surface area contributed by atoms with Crippen molar-refractivity contribution in [3.63, 3.8) is 0 Å². The Bertz CT molecular complexity index is 1770. The van der Waals surface area contributed by atoms with E-state index in [2.05, 4.69) is 55.2 Å². The molecule has 0 saturated carbocycles. The molecule has 42 heavy (non-hydrogen) atoms. The molecule has 5 heteroatoms. The van der Waals surface area contributed by atoms with Gasteiger partial charge in [-0.1, -0.05) is 0 Å². The topological polar surface area (TPSA) is 17.1 Å². The van der Waals surface area contributed by atoms with Crippen LogP contribution in [0.2, 0.25) is 0 Å². The summed E-state index contributed by atoms with van der Waals surface area (Å²) in [5.74, 6) is -0.357. The fourth-order valence-electron chi connectivity index (χ4n) is 4.65. The van der Waals surface area contributed by atoms with E-state index in [0.717, 1.165) is 60.3 Å². The van der Waals surface area contributed by atoms with Crippen LogP contribution in [0.5, 0.6) is 0 Å². The van der Waals surface area contributed by atoms with Gasteiger partial charge in [-0.2, -0.15) is 0 Å². The van der Waals surface area contributed by atoms with Crippen molar-refractivity contribution in [1.82, 2.24) is 0 Å². The van der Waals surface area contributed by atoms with E-state index in [1.165, 1.54) is 11.1 Å². The van der Waals surface area contributed by atoms with E-state index < -0.39 is 0 Å².